The summed E-state index contributed by atoms with van der Waals surface area (Å²) in [5.74, 6) is 0.355. The third-order valence-electron chi connectivity index (χ3n) is 2.53. The van der Waals surface area contributed by atoms with E-state index in [9.17, 15) is 9.50 Å². The van der Waals surface area contributed by atoms with E-state index in [4.69, 9.17) is 0 Å². The number of aromatic nitrogens is 2. The smallest absolute Gasteiger partial charge is 0.131 e. The second-order valence-corrected chi connectivity index (χ2v) is 3.69. The van der Waals surface area contributed by atoms with Crippen LogP contribution in [0.25, 0.3) is 5.69 Å². The van der Waals surface area contributed by atoms with Crippen molar-refractivity contribution in [3.05, 3.63) is 47.8 Å². The number of aryl methyl sites for hydroxylation is 1. The Bertz CT molecular complexity index is 505. The van der Waals surface area contributed by atoms with E-state index in [1.807, 2.05) is 6.92 Å². The van der Waals surface area contributed by atoms with Gasteiger partial charge in [-0.15, -0.1) is 0 Å². The molecule has 0 aliphatic carbocycles. The van der Waals surface area contributed by atoms with Crippen LogP contribution >= 0.6 is 0 Å². The summed E-state index contributed by atoms with van der Waals surface area (Å²) in [6.07, 6.45) is 2.54. The van der Waals surface area contributed by atoms with Crippen molar-refractivity contribution in [2.24, 2.45) is 0 Å². The van der Waals surface area contributed by atoms with E-state index in [1.54, 1.807) is 36.0 Å². The molecule has 3 nitrogen and oxygen atoms in total. The highest BCUT2D eigenvalue weighted by Gasteiger charge is 2.15. The Morgan fingerprint density at radius 2 is 2.19 bits per heavy atom. The minimum absolute atomic E-state index is 0.295. The molecule has 0 aliphatic heterocycles. The predicted octanol–water partition coefficient (Wildman–Crippen LogP) is 2.37. The average molecular weight is 220 g/mol. The molecular formula is C12H13FN2O. The Morgan fingerprint density at radius 3 is 2.75 bits per heavy atom. The molecule has 84 valence electrons. The van der Waals surface area contributed by atoms with Gasteiger partial charge >= 0.3 is 0 Å². The van der Waals surface area contributed by atoms with E-state index in [1.165, 1.54) is 6.07 Å². The number of hydrogen-bond donors (Lipinski definition) is 1. The van der Waals surface area contributed by atoms with Gasteiger partial charge in [-0.05, 0) is 26.0 Å². The van der Waals surface area contributed by atoms with Crippen molar-refractivity contribution < 1.29 is 9.50 Å². The summed E-state index contributed by atoms with van der Waals surface area (Å²) >= 11 is 0. The van der Waals surface area contributed by atoms with Crippen molar-refractivity contribution in [1.29, 1.82) is 0 Å². The molecule has 0 unspecified atom stereocenters. The van der Waals surface area contributed by atoms with Gasteiger partial charge in [0.1, 0.15) is 11.6 Å². The summed E-state index contributed by atoms with van der Waals surface area (Å²) in [6.45, 7) is 3.38. The molecule has 1 aromatic heterocycles. The SMILES string of the molecule is Cc1nccn1-c1cccc(F)c1[C@H](C)O. The fraction of sp³-hybridized carbons (Fsp3) is 0.250. The molecule has 0 amide bonds. The van der Waals surface area contributed by atoms with Crippen LogP contribution in [0.5, 0.6) is 0 Å². The minimum atomic E-state index is -0.849. The zero-order chi connectivity index (χ0) is 11.7. The molecule has 0 saturated carbocycles. The third-order valence-corrected chi connectivity index (χ3v) is 2.53. The summed E-state index contributed by atoms with van der Waals surface area (Å²) in [5.41, 5.74) is 0.925. The van der Waals surface area contributed by atoms with E-state index in [0.717, 1.165) is 5.82 Å². The lowest BCUT2D eigenvalue weighted by Gasteiger charge is -2.14. The van der Waals surface area contributed by atoms with Crippen LogP contribution in [0.15, 0.2) is 30.6 Å². The first-order valence-electron chi connectivity index (χ1n) is 5.08. The minimum Gasteiger partial charge on any atom is -0.389 e. The largest absolute Gasteiger partial charge is 0.389 e. The van der Waals surface area contributed by atoms with Gasteiger partial charge in [0.15, 0.2) is 0 Å². The molecule has 0 bridgehead atoms. The highest BCUT2D eigenvalue weighted by molar-refractivity contribution is 5.44. The van der Waals surface area contributed by atoms with E-state index in [0.29, 0.717) is 11.3 Å². The number of imidazole rings is 1. The Kier molecular flexibility index (Phi) is 2.75. The number of aliphatic hydroxyl groups excluding tert-OH is 1. The first-order chi connectivity index (χ1) is 7.61. The number of nitrogens with zero attached hydrogens (tertiary/aromatic N) is 2. The van der Waals surface area contributed by atoms with Crippen LogP contribution in [-0.4, -0.2) is 14.7 Å². The lowest BCUT2D eigenvalue weighted by Crippen LogP contribution is -2.05. The van der Waals surface area contributed by atoms with Crippen LogP contribution in [0, 0.1) is 12.7 Å². The number of aliphatic hydroxyl groups is 1. The van der Waals surface area contributed by atoms with Gasteiger partial charge in [0.2, 0.25) is 0 Å². The zero-order valence-electron chi connectivity index (χ0n) is 9.18. The maximum atomic E-state index is 13.6. The molecule has 2 aromatic rings. The summed E-state index contributed by atoms with van der Waals surface area (Å²) in [5, 5.41) is 9.60. The topological polar surface area (TPSA) is 38.0 Å². The molecule has 1 aromatic carbocycles. The molecule has 0 fully saturated rings. The van der Waals surface area contributed by atoms with Gasteiger partial charge in [0.05, 0.1) is 11.8 Å². The molecule has 1 N–H and O–H groups in total. The van der Waals surface area contributed by atoms with Gasteiger partial charge in [-0.25, -0.2) is 9.37 Å². The maximum Gasteiger partial charge on any atom is 0.131 e. The fourth-order valence-electron chi connectivity index (χ4n) is 1.78. The third kappa shape index (κ3) is 1.72. The predicted molar refractivity (Wildman–Crippen MR) is 58.9 cm³/mol. The van der Waals surface area contributed by atoms with Gasteiger partial charge in [-0.1, -0.05) is 6.07 Å². The van der Waals surface area contributed by atoms with Gasteiger partial charge < -0.3 is 9.67 Å². The molecule has 0 saturated heterocycles. The quantitative estimate of drug-likeness (QED) is 0.843. The van der Waals surface area contributed by atoms with Crippen LogP contribution in [0.1, 0.15) is 24.4 Å². The van der Waals surface area contributed by atoms with Crippen LogP contribution in [0.4, 0.5) is 4.39 Å². The second-order valence-electron chi connectivity index (χ2n) is 3.69. The first-order valence-corrected chi connectivity index (χ1v) is 5.08. The zero-order valence-corrected chi connectivity index (χ0v) is 9.18. The summed E-state index contributed by atoms with van der Waals surface area (Å²) < 4.78 is 15.4. The van der Waals surface area contributed by atoms with Gasteiger partial charge in [0.25, 0.3) is 0 Å². The Hall–Kier alpha value is -1.68. The molecule has 2 rings (SSSR count). The summed E-state index contributed by atoms with van der Waals surface area (Å²) in [4.78, 5) is 4.08. The number of benzene rings is 1. The standard InChI is InChI=1S/C12H13FN2O/c1-8(16)12-10(13)4-3-5-11(12)15-7-6-14-9(15)2/h3-8,16H,1-2H3/t8-/m0/s1. The fourth-order valence-corrected chi connectivity index (χ4v) is 1.78. The van der Waals surface area contributed by atoms with Crippen molar-refractivity contribution in [2.75, 3.05) is 0 Å². The van der Waals surface area contributed by atoms with Crippen LogP contribution in [0.2, 0.25) is 0 Å². The second kappa shape index (κ2) is 4.06. The maximum absolute atomic E-state index is 13.6. The molecule has 1 heterocycles. The van der Waals surface area contributed by atoms with Crippen molar-refractivity contribution in [3.63, 3.8) is 0 Å². The van der Waals surface area contributed by atoms with Crippen molar-refractivity contribution in [1.82, 2.24) is 9.55 Å². The number of halogens is 1. The number of rotatable bonds is 2. The first kappa shape index (κ1) is 10.8. The van der Waals surface area contributed by atoms with E-state index < -0.39 is 11.9 Å². The molecule has 0 aliphatic rings. The van der Waals surface area contributed by atoms with Crippen LogP contribution in [-0.2, 0) is 0 Å². The molecule has 1 atom stereocenters. The lowest BCUT2D eigenvalue weighted by atomic mass is 10.1. The monoisotopic (exact) mass is 220 g/mol. The summed E-state index contributed by atoms with van der Waals surface area (Å²) in [7, 11) is 0. The van der Waals surface area contributed by atoms with E-state index >= 15 is 0 Å². The average Bonchev–Trinajstić information content (AvgIpc) is 2.63. The van der Waals surface area contributed by atoms with Crippen molar-refractivity contribution in [3.8, 4) is 5.69 Å². The molecule has 16 heavy (non-hydrogen) atoms. The van der Waals surface area contributed by atoms with Crippen molar-refractivity contribution in [2.45, 2.75) is 20.0 Å². The molecule has 0 spiro atoms. The van der Waals surface area contributed by atoms with Crippen LogP contribution in [0.3, 0.4) is 0 Å². The van der Waals surface area contributed by atoms with Gasteiger partial charge in [-0.2, -0.15) is 0 Å². The molecule has 0 radical (unpaired) electrons. The highest BCUT2D eigenvalue weighted by Crippen LogP contribution is 2.25. The van der Waals surface area contributed by atoms with Crippen LogP contribution < -0.4 is 0 Å². The lowest BCUT2D eigenvalue weighted by molar-refractivity contribution is 0.194. The van der Waals surface area contributed by atoms with Crippen molar-refractivity contribution >= 4 is 0 Å². The summed E-state index contributed by atoms with van der Waals surface area (Å²) in [6, 6.07) is 4.73. The molecular weight excluding hydrogens is 207 g/mol. The van der Waals surface area contributed by atoms with E-state index in [-0.39, 0.29) is 0 Å². The Morgan fingerprint density at radius 1 is 1.44 bits per heavy atom. The number of hydrogen-bond acceptors (Lipinski definition) is 2. The Balaban J connectivity index is 2.66. The molecule has 4 heteroatoms. The van der Waals surface area contributed by atoms with Gasteiger partial charge in [0, 0.05) is 18.0 Å². The van der Waals surface area contributed by atoms with Gasteiger partial charge in [-0.3, -0.25) is 0 Å². The van der Waals surface area contributed by atoms with E-state index in [2.05, 4.69) is 4.98 Å². The highest BCUT2D eigenvalue weighted by atomic mass is 19.1. The Labute approximate surface area is 93.2 Å². The normalized spacial score (nSPS) is 12.8.